The molecule has 2 heterocycles. The van der Waals surface area contributed by atoms with Gasteiger partial charge >= 0.3 is 0 Å². The molecule has 0 bridgehead atoms. The Balaban J connectivity index is 0.000000150. The van der Waals surface area contributed by atoms with Crippen molar-refractivity contribution in [3.05, 3.63) is 230 Å². The largest absolute Gasteiger partial charge is 0.512 e. The number of carbonyl (C=O) groups excluding carboxylic acids is 1. The van der Waals surface area contributed by atoms with Gasteiger partial charge in [0.25, 0.3) is 0 Å². The third kappa shape index (κ3) is 11.1. The first kappa shape index (κ1) is 52.6. The molecular formula is C69H58IrN4O2-2. The Bertz CT molecular complexity index is 3870. The van der Waals surface area contributed by atoms with E-state index in [2.05, 4.69) is 170 Å². The van der Waals surface area contributed by atoms with Crippen LogP contribution in [0.2, 0.25) is 0 Å². The van der Waals surface area contributed by atoms with E-state index in [9.17, 15) is 9.90 Å². The standard InChI is InChI=1S/2C29H19N2.C11H20O2.Ir/c2*1-19-18-30-28-24-14-12-22(20-8-4-2-5-9-20)16-26(24)27-17-23(21-10-6-3-7-11-21)13-15-25(27)29(28)31-19;1-10(2,3)8(12)7-9(13)11(4,5)6;/h2*2-13,15-18H,1H3;7,12H,1-6H3;/q2*-1;;. The van der Waals surface area contributed by atoms with E-state index >= 15 is 0 Å². The first-order valence-electron chi connectivity index (χ1n) is 25.4. The van der Waals surface area contributed by atoms with Gasteiger partial charge in [0.2, 0.25) is 0 Å². The van der Waals surface area contributed by atoms with Crippen LogP contribution in [0.25, 0.3) is 110 Å². The second-order valence-corrected chi connectivity index (χ2v) is 21.1. The molecule has 7 heteroatoms. The van der Waals surface area contributed by atoms with Gasteiger partial charge in [0.05, 0.1) is 22.4 Å². The number of aromatic nitrogens is 4. The molecule has 12 aromatic rings. The minimum Gasteiger partial charge on any atom is -0.512 e. The summed E-state index contributed by atoms with van der Waals surface area (Å²) in [5.74, 6) is 0.104. The minimum absolute atomic E-state index is 0. The summed E-state index contributed by atoms with van der Waals surface area (Å²) in [6.07, 6.45) is 5.01. The van der Waals surface area contributed by atoms with Gasteiger partial charge in [0.1, 0.15) is 5.76 Å². The number of ketones is 1. The number of benzene rings is 10. The van der Waals surface area contributed by atoms with Crippen molar-refractivity contribution in [3.63, 3.8) is 0 Å². The van der Waals surface area contributed by atoms with Gasteiger partial charge in [-0.1, -0.05) is 243 Å². The summed E-state index contributed by atoms with van der Waals surface area (Å²) < 4.78 is 0. The van der Waals surface area contributed by atoms with Crippen LogP contribution in [0.1, 0.15) is 52.9 Å². The topological polar surface area (TPSA) is 88.9 Å². The molecule has 10 aromatic carbocycles. The van der Waals surface area contributed by atoms with Crippen LogP contribution in [0.4, 0.5) is 0 Å². The third-order valence-electron chi connectivity index (χ3n) is 13.5. The summed E-state index contributed by atoms with van der Waals surface area (Å²) >= 11 is 0. The number of aliphatic hydroxyl groups excluding tert-OH is 1. The van der Waals surface area contributed by atoms with E-state index in [1.54, 1.807) is 0 Å². The maximum Gasteiger partial charge on any atom is 0.164 e. The fourth-order valence-corrected chi connectivity index (χ4v) is 9.23. The van der Waals surface area contributed by atoms with Gasteiger partial charge in [-0.15, -0.1) is 47.2 Å². The molecule has 76 heavy (non-hydrogen) atoms. The van der Waals surface area contributed by atoms with Gasteiger partial charge in [-0.3, -0.25) is 14.8 Å². The van der Waals surface area contributed by atoms with Crippen LogP contribution in [0, 0.1) is 36.8 Å². The number of fused-ring (bicyclic) bond motifs is 12. The Morgan fingerprint density at radius 1 is 0.421 bits per heavy atom. The molecule has 0 saturated carbocycles. The number of aliphatic hydroxyl groups is 1. The second kappa shape index (κ2) is 21.9. The summed E-state index contributed by atoms with van der Waals surface area (Å²) in [6, 6.07) is 70.9. The summed E-state index contributed by atoms with van der Waals surface area (Å²) in [5.41, 5.74) is 14.2. The maximum absolute atomic E-state index is 11.5. The minimum atomic E-state index is -0.417. The molecule has 0 fully saturated rings. The molecule has 0 aliphatic carbocycles. The van der Waals surface area contributed by atoms with Crippen molar-refractivity contribution < 1.29 is 30.0 Å². The predicted molar refractivity (Wildman–Crippen MR) is 313 cm³/mol. The van der Waals surface area contributed by atoms with Crippen LogP contribution in [0.3, 0.4) is 0 Å². The number of carbonyl (C=O) groups is 1. The Labute approximate surface area is 458 Å². The van der Waals surface area contributed by atoms with Gasteiger partial charge in [-0.2, -0.15) is 0 Å². The molecule has 0 aliphatic rings. The summed E-state index contributed by atoms with van der Waals surface area (Å²) in [6.45, 7) is 15.1. The zero-order valence-corrected chi connectivity index (χ0v) is 46.4. The molecule has 0 spiro atoms. The van der Waals surface area contributed by atoms with Crippen molar-refractivity contribution in [1.29, 1.82) is 0 Å². The van der Waals surface area contributed by atoms with Gasteiger partial charge < -0.3 is 15.1 Å². The normalized spacial score (nSPS) is 11.8. The molecule has 0 amide bonds. The second-order valence-electron chi connectivity index (χ2n) is 21.1. The SMILES string of the molecule is CC(C)(C)C(=O)C=C(O)C(C)(C)C.Cc1cnc2c3[c-]cc(-c4ccccc4)cc3c3cc(-c4ccccc4)ccc3c2n1.Cc1cnc2c3[c-]cc(-c4ccccc4)cc3c3cc(-c4ccccc4)ccc3c2n1.[Ir]. The Morgan fingerprint density at radius 2 is 0.763 bits per heavy atom. The summed E-state index contributed by atoms with van der Waals surface area (Å²) in [4.78, 5) is 30.7. The van der Waals surface area contributed by atoms with Gasteiger partial charge in [0.15, 0.2) is 5.78 Å². The summed E-state index contributed by atoms with van der Waals surface area (Å²) in [7, 11) is 0. The molecule has 0 unspecified atom stereocenters. The first-order valence-corrected chi connectivity index (χ1v) is 25.4. The molecule has 2 aromatic heterocycles. The van der Waals surface area contributed by atoms with Crippen molar-refractivity contribution in [3.8, 4) is 44.5 Å². The average molecular weight is 1170 g/mol. The molecule has 377 valence electrons. The summed E-state index contributed by atoms with van der Waals surface area (Å²) in [5, 5.41) is 18.5. The Hall–Kier alpha value is -8.22. The van der Waals surface area contributed by atoms with E-state index in [1.165, 1.54) is 50.2 Å². The van der Waals surface area contributed by atoms with Crippen molar-refractivity contribution in [1.82, 2.24) is 19.9 Å². The zero-order chi connectivity index (χ0) is 52.4. The predicted octanol–water partition coefficient (Wildman–Crippen LogP) is 17.8. The van der Waals surface area contributed by atoms with Crippen molar-refractivity contribution >= 4 is 70.9 Å². The van der Waals surface area contributed by atoms with Crippen molar-refractivity contribution in [2.75, 3.05) is 0 Å². The molecule has 0 atom stereocenters. The van der Waals surface area contributed by atoms with Gasteiger partial charge in [-0.25, -0.2) is 0 Å². The maximum atomic E-state index is 11.5. The number of allylic oxidation sites excluding steroid dienone is 2. The van der Waals surface area contributed by atoms with E-state index in [0.29, 0.717) is 0 Å². The number of hydrogen-bond acceptors (Lipinski definition) is 6. The fourth-order valence-electron chi connectivity index (χ4n) is 9.23. The van der Waals surface area contributed by atoms with Gasteiger partial charge in [-0.05, 0) is 46.9 Å². The average Bonchev–Trinajstić information content (AvgIpc) is 3.53. The van der Waals surface area contributed by atoms with E-state index in [-0.39, 0.29) is 37.1 Å². The molecule has 12 rings (SSSR count). The monoisotopic (exact) mass is 1170 g/mol. The van der Waals surface area contributed by atoms with Crippen molar-refractivity contribution in [2.24, 2.45) is 10.8 Å². The molecule has 0 aliphatic heterocycles. The fraction of sp³-hybridized carbons (Fsp3) is 0.145. The molecule has 6 nitrogen and oxygen atoms in total. The first-order chi connectivity index (χ1) is 36.1. The van der Waals surface area contributed by atoms with Crippen LogP contribution in [0.5, 0.6) is 0 Å². The number of nitrogens with zero attached hydrogens (tertiary/aromatic N) is 4. The van der Waals surface area contributed by atoms with Crippen LogP contribution in [-0.4, -0.2) is 30.8 Å². The molecule has 1 radical (unpaired) electrons. The van der Waals surface area contributed by atoms with Gasteiger partial charge in [0, 0.05) is 60.4 Å². The van der Waals surface area contributed by atoms with Crippen LogP contribution in [0.15, 0.2) is 206 Å². The third-order valence-corrected chi connectivity index (χ3v) is 13.5. The quantitative estimate of drug-likeness (QED) is 0.0799. The van der Waals surface area contributed by atoms with Crippen LogP contribution < -0.4 is 0 Å². The van der Waals surface area contributed by atoms with Crippen LogP contribution >= 0.6 is 0 Å². The Morgan fingerprint density at radius 3 is 1.11 bits per heavy atom. The van der Waals surface area contributed by atoms with Crippen LogP contribution in [-0.2, 0) is 24.9 Å². The van der Waals surface area contributed by atoms with E-state index < -0.39 is 5.41 Å². The smallest absolute Gasteiger partial charge is 0.164 e. The molecular weight excluding hydrogens is 1110 g/mol. The number of hydrogen-bond donors (Lipinski definition) is 1. The zero-order valence-electron chi connectivity index (χ0n) is 44.0. The Kier molecular flexibility index (Phi) is 15.2. The number of aryl methyl sites for hydroxylation is 2. The van der Waals surface area contributed by atoms with E-state index in [1.807, 2.05) is 92.0 Å². The van der Waals surface area contributed by atoms with Crippen molar-refractivity contribution in [2.45, 2.75) is 55.4 Å². The number of rotatable bonds is 5. The molecule has 0 saturated heterocycles. The van der Waals surface area contributed by atoms with E-state index in [4.69, 9.17) is 19.9 Å². The molecule has 1 N–H and O–H groups in total. The van der Waals surface area contributed by atoms with E-state index in [0.717, 1.165) is 76.9 Å².